The smallest absolute Gasteiger partial charge is 0.407 e. The van der Waals surface area contributed by atoms with Gasteiger partial charge in [-0.05, 0) is 61.3 Å². The van der Waals surface area contributed by atoms with Gasteiger partial charge in [0.15, 0.2) is 0 Å². The number of carbonyl (C=O) groups excluding carboxylic acids is 3. The highest BCUT2D eigenvalue weighted by Gasteiger charge is 2.54. The third kappa shape index (κ3) is 5.05. The largest absolute Gasteiger partial charge is 0.465 e. The second kappa shape index (κ2) is 10.3. The molecule has 4 rings (SSSR count). The zero-order valence-electron chi connectivity index (χ0n) is 21.3. The van der Waals surface area contributed by atoms with E-state index in [1.807, 2.05) is 26.0 Å². The molecule has 2 fully saturated rings. The average Bonchev–Trinajstić information content (AvgIpc) is 3.03. The van der Waals surface area contributed by atoms with Crippen LogP contribution in [0.2, 0.25) is 0 Å². The summed E-state index contributed by atoms with van der Waals surface area (Å²) < 4.78 is 0. The first kappa shape index (κ1) is 26.3. The average molecular weight is 517 g/mol. The number of likely N-dealkylation sites (N-methyl/N-ethyl adjacent to an activating group) is 1. The van der Waals surface area contributed by atoms with Crippen molar-refractivity contribution in [1.82, 2.24) is 20.4 Å². The van der Waals surface area contributed by atoms with Crippen molar-refractivity contribution >= 4 is 35.6 Å². The lowest BCUT2D eigenvalue weighted by atomic mass is 9.83. The number of fused-ring (bicyclic) bond motifs is 2. The highest BCUT2D eigenvalue weighted by Crippen LogP contribution is 2.46. The number of amides is 4. The fourth-order valence-corrected chi connectivity index (χ4v) is 7.22. The number of nitrogens with one attached hydrogen (secondary N) is 2. The van der Waals surface area contributed by atoms with Gasteiger partial charge in [0.25, 0.3) is 0 Å². The van der Waals surface area contributed by atoms with Gasteiger partial charge in [0.1, 0.15) is 18.1 Å². The molecule has 36 heavy (non-hydrogen) atoms. The molecule has 2 heterocycles. The van der Waals surface area contributed by atoms with E-state index < -0.39 is 35.5 Å². The maximum Gasteiger partial charge on any atom is 0.407 e. The Labute approximate surface area is 216 Å². The first-order valence-corrected chi connectivity index (χ1v) is 13.6. The van der Waals surface area contributed by atoms with E-state index in [1.54, 1.807) is 16.7 Å². The molecule has 196 valence electrons. The van der Waals surface area contributed by atoms with E-state index in [9.17, 15) is 24.3 Å². The number of benzene rings is 1. The van der Waals surface area contributed by atoms with E-state index in [-0.39, 0.29) is 23.2 Å². The lowest BCUT2D eigenvalue weighted by Crippen LogP contribution is -2.58. The molecule has 0 bridgehead atoms. The first-order chi connectivity index (χ1) is 17.0. The topological polar surface area (TPSA) is 119 Å². The molecule has 1 aromatic rings. The standard InChI is InChI=1S/C26H36N4O5S/c1-15(29(4)25(34)35)22(31)28-19-12-13-36-20-14-26(2,3)21(30(20)24(19)33)23(32)27-18-11-7-9-16-8-5-6-10-17(16)18/h5-6,8,10,15,18-21H,7,9,11-14H2,1-4H3,(H,27,32)(H,28,31)(H,34,35)/t15-,18+,19-,20?,21?/m0/s1. The van der Waals surface area contributed by atoms with Crippen LogP contribution in [0.3, 0.4) is 0 Å². The molecular weight excluding hydrogens is 480 g/mol. The minimum absolute atomic E-state index is 0.0880. The highest BCUT2D eigenvalue weighted by molar-refractivity contribution is 7.99. The van der Waals surface area contributed by atoms with Crippen LogP contribution < -0.4 is 10.6 Å². The van der Waals surface area contributed by atoms with E-state index in [0.717, 1.165) is 29.7 Å². The molecule has 3 N–H and O–H groups in total. The molecule has 2 saturated heterocycles. The summed E-state index contributed by atoms with van der Waals surface area (Å²) in [5.74, 6) is -0.316. The van der Waals surface area contributed by atoms with E-state index in [2.05, 4.69) is 22.8 Å². The van der Waals surface area contributed by atoms with Crippen LogP contribution in [0.1, 0.15) is 63.6 Å². The van der Waals surface area contributed by atoms with E-state index in [0.29, 0.717) is 18.6 Å². The van der Waals surface area contributed by atoms with Gasteiger partial charge < -0.3 is 20.6 Å². The summed E-state index contributed by atoms with van der Waals surface area (Å²) in [6, 6.07) is 5.68. The van der Waals surface area contributed by atoms with Crippen LogP contribution in [0.25, 0.3) is 0 Å². The SMILES string of the molecule is C[C@@H](C(=O)N[C@H]1CCSC2CC(C)(C)C(C(=O)N[C@@H]3CCCc4ccccc43)N2C1=O)N(C)C(=O)O. The van der Waals surface area contributed by atoms with Gasteiger partial charge >= 0.3 is 6.09 Å². The summed E-state index contributed by atoms with van der Waals surface area (Å²) in [5, 5.41) is 15.1. The van der Waals surface area contributed by atoms with Crippen LogP contribution in [0.5, 0.6) is 0 Å². The number of rotatable bonds is 5. The molecule has 0 saturated carbocycles. The van der Waals surface area contributed by atoms with Gasteiger partial charge in [0, 0.05) is 7.05 Å². The number of carboxylic acid groups (broad SMARTS) is 1. The third-order valence-electron chi connectivity index (χ3n) is 7.81. The van der Waals surface area contributed by atoms with Gasteiger partial charge in [-0.3, -0.25) is 19.3 Å². The van der Waals surface area contributed by atoms with Crippen LogP contribution in [0.15, 0.2) is 24.3 Å². The Morgan fingerprint density at radius 2 is 1.89 bits per heavy atom. The van der Waals surface area contributed by atoms with Gasteiger partial charge in [-0.1, -0.05) is 38.1 Å². The van der Waals surface area contributed by atoms with Crippen LogP contribution in [0, 0.1) is 5.41 Å². The van der Waals surface area contributed by atoms with Gasteiger partial charge in [-0.15, -0.1) is 11.8 Å². The van der Waals surface area contributed by atoms with E-state index >= 15 is 0 Å². The highest BCUT2D eigenvalue weighted by atomic mass is 32.2. The van der Waals surface area contributed by atoms with Crippen LogP contribution in [-0.4, -0.2) is 75.0 Å². The normalized spacial score (nSPS) is 27.8. The number of aryl methyl sites for hydroxylation is 1. The van der Waals surface area contributed by atoms with Crippen molar-refractivity contribution in [2.24, 2.45) is 5.41 Å². The minimum Gasteiger partial charge on any atom is -0.465 e. The molecular formula is C26H36N4O5S. The second-order valence-electron chi connectivity index (χ2n) is 10.7. The number of hydrogen-bond donors (Lipinski definition) is 3. The monoisotopic (exact) mass is 516 g/mol. The van der Waals surface area contributed by atoms with Gasteiger partial charge in [-0.25, -0.2) is 4.79 Å². The van der Waals surface area contributed by atoms with Crippen molar-refractivity contribution in [1.29, 1.82) is 0 Å². The van der Waals surface area contributed by atoms with Crippen molar-refractivity contribution in [3.8, 4) is 0 Å². The maximum atomic E-state index is 13.8. The number of nitrogens with zero attached hydrogens (tertiary/aromatic N) is 2. The van der Waals surface area contributed by atoms with E-state index in [1.165, 1.54) is 19.5 Å². The summed E-state index contributed by atoms with van der Waals surface area (Å²) >= 11 is 1.64. The van der Waals surface area contributed by atoms with Crippen molar-refractivity contribution in [2.75, 3.05) is 12.8 Å². The molecule has 5 atom stereocenters. The van der Waals surface area contributed by atoms with Gasteiger partial charge in [0.2, 0.25) is 17.7 Å². The first-order valence-electron chi connectivity index (χ1n) is 12.6. The predicted octanol–water partition coefficient (Wildman–Crippen LogP) is 2.75. The number of hydrogen-bond acceptors (Lipinski definition) is 5. The number of carbonyl (C=O) groups is 4. The zero-order valence-corrected chi connectivity index (χ0v) is 22.1. The summed E-state index contributed by atoms with van der Waals surface area (Å²) in [4.78, 5) is 54.2. The Bertz CT molecular complexity index is 1050. The third-order valence-corrected chi connectivity index (χ3v) is 9.06. The lowest BCUT2D eigenvalue weighted by Gasteiger charge is -2.36. The van der Waals surface area contributed by atoms with Crippen molar-refractivity contribution in [2.45, 2.75) is 82.4 Å². The molecule has 1 aliphatic carbocycles. The van der Waals surface area contributed by atoms with Crippen molar-refractivity contribution in [3.05, 3.63) is 35.4 Å². The molecule has 0 radical (unpaired) electrons. The van der Waals surface area contributed by atoms with E-state index in [4.69, 9.17) is 0 Å². The lowest BCUT2D eigenvalue weighted by molar-refractivity contribution is -0.144. The quantitative estimate of drug-likeness (QED) is 0.554. The maximum absolute atomic E-state index is 13.8. The second-order valence-corrected chi connectivity index (χ2v) is 12.0. The number of thioether (sulfide) groups is 1. The molecule has 0 aromatic heterocycles. The molecule has 2 aliphatic heterocycles. The minimum atomic E-state index is -1.22. The Morgan fingerprint density at radius 1 is 1.17 bits per heavy atom. The summed E-state index contributed by atoms with van der Waals surface area (Å²) in [5.41, 5.74) is 1.96. The molecule has 2 unspecified atom stereocenters. The van der Waals surface area contributed by atoms with Crippen LogP contribution >= 0.6 is 11.8 Å². The molecule has 10 heteroatoms. The molecule has 4 amide bonds. The van der Waals surface area contributed by atoms with Crippen molar-refractivity contribution < 1.29 is 24.3 Å². The van der Waals surface area contributed by atoms with Crippen molar-refractivity contribution in [3.63, 3.8) is 0 Å². The van der Waals surface area contributed by atoms with Crippen LogP contribution in [0.4, 0.5) is 4.79 Å². The summed E-state index contributed by atoms with van der Waals surface area (Å²) in [7, 11) is 1.32. The van der Waals surface area contributed by atoms with Gasteiger partial charge in [0.05, 0.1) is 11.4 Å². The van der Waals surface area contributed by atoms with Gasteiger partial charge in [-0.2, -0.15) is 0 Å². The Morgan fingerprint density at radius 3 is 2.61 bits per heavy atom. The fourth-order valence-electron chi connectivity index (χ4n) is 5.64. The molecule has 9 nitrogen and oxygen atoms in total. The van der Waals surface area contributed by atoms with Crippen LogP contribution in [-0.2, 0) is 20.8 Å². The molecule has 0 spiro atoms. The Kier molecular flexibility index (Phi) is 7.54. The predicted molar refractivity (Wildman–Crippen MR) is 137 cm³/mol. The Balaban J connectivity index is 1.54. The zero-order chi connectivity index (χ0) is 26.2. The molecule has 3 aliphatic rings. The summed E-state index contributed by atoms with van der Waals surface area (Å²) in [6.07, 6.45) is 2.74. The Hall–Kier alpha value is -2.75. The summed E-state index contributed by atoms with van der Waals surface area (Å²) in [6.45, 7) is 5.53. The molecule has 1 aromatic carbocycles. The fraction of sp³-hybridized carbons (Fsp3) is 0.615.